The maximum Gasteiger partial charge on any atom is 0.112 e. The van der Waals surface area contributed by atoms with Crippen LogP contribution in [0.1, 0.15) is 38.4 Å². The van der Waals surface area contributed by atoms with Crippen LogP contribution in [0, 0.1) is 5.92 Å². The molecule has 0 atom stereocenters. The van der Waals surface area contributed by atoms with Crippen LogP contribution in [0.3, 0.4) is 0 Å². The first kappa shape index (κ1) is 13.4. The van der Waals surface area contributed by atoms with Gasteiger partial charge < -0.3 is 15.0 Å². The number of anilines is 1. The molecule has 0 saturated carbocycles. The third kappa shape index (κ3) is 2.52. The molecule has 1 aromatic carbocycles. The van der Waals surface area contributed by atoms with Crippen LogP contribution in [0.5, 0.6) is 0 Å². The number of nitrogens with zero attached hydrogens (tertiary/aromatic N) is 2. The smallest absolute Gasteiger partial charge is 0.112 e. The van der Waals surface area contributed by atoms with Gasteiger partial charge in [0.25, 0.3) is 0 Å². The predicted molar refractivity (Wildman–Crippen MR) is 81.8 cm³/mol. The van der Waals surface area contributed by atoms with Gasteiger partial charge in [0.2, 0.25) is 0 Å². The maximum absolute atomic E-state index is 5.88. The lowest BCUT2D eigenvalue weighted by Crippen LogP contribution is -2.21. The van der Waals surface area contributed by atoms with Gasteiger partial charge in [0.15, 0.2) is 0 Å². The van der Waals surface area contributed by atoms with Crippen molar-refractivity contribution in [2.24, 2.45) is 5.92 Å². The molecule has 1 saturated heterocycles. The topological polar surface area (TPSA) is 53.1 Å². The SMILES string of the molecule is CC(C)c1nc2cc(N)ccc2n1CC1CCOCC1. The van der Waals surface area contributed by atoms with E-state index in [1.54, 1.807) is 0 Å². The summed E-state index contributed by atoms with van der Waals surface area (Å²) in [5.41, 5.74) is 8.88. The first-order chi connectivity index (χ1) is 9.65. The molecule has 4 nitrogen and oxygen atoms in total. The second-order valence-corrected chi connectivity index (χ2v) is 6.04. The predicted octanol–water partition coefficient (Wildman–Crippen LogP) is 3.17. The largest absolute Gasteiger partial charge is 0.399 e. The van der Waals surface area contributed by atoms with Gasteiger partial charge in [-0.15, -0.1) is 0 Å². The molecule has 2 aromatic rings. The van der Waals surface area contributed by atoms with Crippen LogP contribution in [0.15, 0.2) is 18.2 Å². The minimum absolute atomic E-state index is 0.420. The molecule has 0 radical (unpaired) electrons. The van der Waals surface area contributed by atoms with Gasteiger partial charge in [-0.1, -0.05) is 13.8 Å². The molecule has 0 amide bonds. The monoisotopic (exact) mass is 273 g/mol. The zero-order chi connectivity index (χ0) is 14.1. The summed E-state index contributed by atoms with van der Waals surface area (Å²) >= 11 is 0. The van der Waals surface area contributed by atoms with Gasteiger partial charge in [-0.05, 0) is 37.0 Å². The summed E-state index contributed by atoms with van der Waals surface area (Å²) in [4.78, 5) is 4.79. The highest BCUT2D eigenvalue weighted by Crippen LogP contribution is 2.27. The van der Waals surface area contributed by atoms with E-state index in [2.05, 4.69) is 24.5 Å². The lowest BCUT2D eigenvalue weighted by Gasteiger charge is -2.24. The Bertz CT molecular complexity index is 597. The van der Waals surface area contributed by atoms with Crippen molar-refractivity contribution >= 4 is 16.7 Å². The van der Waals surface area contributed by atoms with E-state index in [1.807, 2.05) is 12.1 Å². The Balaban J connectivity index is 1.99. The summed E-state index contributed by atoms with van der Waals surface area (Å²) in [6.07, 6.45) is 2.29. The Morgan fingerprint density at radius 2 is 2.10 bits per heavy atom. The van der Waals surface area contributed by atoms with Gasteiger partial charge in [0.1, 0.15) is 5.82 Å². The van der Waals surface area contributed by atoms with Crippen molar-refractivity contribution in [3.8, 4) is 0 Å². The average molecular weight is 273 g/mol. The van der Waals surface area contributed by atoms with E-state index in [0.29, 0.717) is 11.8 Å². The normalized spacial score (nSPS) is 17.1. The molecule has 1 aliphatic rings. The summed E-state index contributed by atoms with van der Waals surface area (Å²) in [6.45, 7) is 7.22. The van der Waals surface area contributed by atoms with E-state index in [4.69, 9.17) is 15.5 Å². The van der Waals surface area contributed by atoms with Crippen molar-refractivity contribution in [2.45, 2.75) is 39.2 Å². The van der Waals surface area contributed by atoms with E-state index in [0.717, 1.165) is 49.6 Å². The van der Waals surface area contributed by atoms with E-state index in [-0.39, 0.29) is 0 Å². The molecule has 4 heteroatoms. The van der Waals surface area contributed by atoms with Crippen LogP contribution in [-0.4, -0.2) is 22.8 Å². The Morgan fingerprint density at radius 3 is 2.80 bits per heavy atom. The Kier molecular flexibility index (Phi) is 3.66. The summed E-state index contributed by atoms with van der Waals surface area (Å²) in [6, 6.07) is 6.04. The molecule has 2 heterocycles. The number of aromatic nitrogens is 2. The third-order valence-corrected chi connectivity index (χ3v) is 4.10. The van der Waals surface area contributed by atoms with Crippen LogP contribution in [0.25, 0.3) is 11.0 Å². The molecule has 0 spiro atoms. The number of ether oxygens (including phenoxy) is 1. The summed E-state index contributed by atoms with van der Waals surface area (Å²) < 4.78 is 7.84. The van der Waals surface area contributed by atoms with Crippen molar-refractivity contribution in [2.75, 3.05) is 18.9 Å². The van der Waals surface area contributed by atoms with Gasteiger partial charge >= 0.3 is 0 Å². The minimum atomic E-state index is 0.420. The van der Waals surface area contributed by atoms with Gasteiger partial charge in [-0.2, -0.15) is 0 Å². The number of hydrogen-bond acceptors (Lipinski definition) is 3. The van der Waals surface area contributed by atoms with Crippen LogP contribution < -0.4 is 5.73 Å². The first-order valence-corrected chi connectivity index (χ1v) is 7.48. The first-order valence-electron chi connectivity index (χ1n) is 7.48. The molecule has 3 rings (SSSR count). The number of benzene rings is 1. The quantitative estimate of drug-likeness (QED) is 0.874. The molecule has 0 unspecified atom stereocenters. The van der Waals surface area contributed by atoms with Crippen LogP contribution in [-0.2, 0) is 11.3 Å². The number of nitrogens with two attached hydrogens (primary N) is 1. The minimum Gasteiger partial charge on any atom is -0.399 e. The third-order valence-electron chi connectivity index (χ3n) is 4.10. The molecular weight excluding hydrogens is 250 g/mol. The molecule has 20 heavy (non-hydrogen) atoms. The second kappa shape index (κ2) is 5.44. The van der Waals surface area contributed by atoms with Crippen LogP contribution >= 0.6 is 0 Å². The van der Waals surface area contributed by atoms with Gasteiger partial charge in [-0.25, -0.2) is 4.98 Å². The summed E-state index contributed by atoms with van der Waals surface area (Å²) in [5, 5.41) is 0. The fraction of sp³-hybridized carbons (Fsp3) is 0.562. The van der Waals surface area contributed by atoms with Crippen molar-refractivity contribution in [1.82, 2.24) is 9.55 Å². The van der Waals surface area contributed by atoms with Gasteiger partial charge in [0.05, 0.1) is 11.0 Å². The van der Waals surface area contributed by atoms with Gasteiger partial charge in [-0.3, -0.25) is 0 Å². The zero-order valence-electron chi connectivity index (χ0n) is 12.3. The number of hydrogen-bond donors (Lipinski definition) is 1. The zero-order valence-corrected chi connectivity index (χ0v) is 12.3. The lowest BCUT2D eigenvalue weighted by molar-refractivity contribution is 0.0613. The highest BCUT2D eigenvalue weighted by atomic mass is 16.5. The molecule has 2 N–H and O–H groups in total. The number of fused-ring (bicyclic) bond motifs is 1. The maximum atomic E-state index is 5.88. The molecule has 0 aliphatic carbocycles. The van der Waals surface area contributed by atoms with E-state index in [1.165, 1.54) is 5.52 Å². The standard InChI is InChI=1S/C16H23N3O/c1-11(2)16-18-14-9-13(17)3-4-15(14)19(16)10-12-5-7-20-8-6-12/h3-4,9,11-12H,5-8,10,17H2,1-2H3. The van der Waals surface area contributed by atoms with Crippen LogP contribution in [0.4, 0.5) is 5.69 Å². The molecule has 0 bridgehead atoms. The second-order valence-electron chi connectivity index (χ2n) is 6.04. The van der Waals surface area contributed by atoms with Gasteiger partial charge in [0, 0.05) is 31.4 Å². The van der Waals surface area contributed by atoms with Crippen molar-refractivity contribution in [3.63, 3.8) is 0 Å². The van der Waals surface area contributed by atoms with E-state index in [9.17, 15) is 0 Å². The van der Waals surface area contributed by atoms with E-state index < -0.39 is 0 Å². The van der Waals surface area contributed by atoms with E-state index >= 15 is 0 Å². The van der Waals surface area contributed by atoms with Crippen molar-refractivity contribution in [1.29, 1.82) is 0 Å². The van der Waals surface area contributed by atoms with Crippen LogP contribution in [0.2, 0.25) is 0 Å². The Morgan fingerprint density at radius 1 is 1.35 bits per heavy atom. The fourth-order valence-corrected chi connectivity index (χ4v) is 2.99. The molecule has 1 aromatic heterocycles. The molecule has 1 aliphatic heterocycles. The number of rotatable bonds is 3. The number of nitrogen functional groups attached to an aromatic ring is 1. The molecular formula is C16H23N3O. The van der Waals surface area contributed by atoms with Crippen molar-refractivity contribution in [3.05, 3.63) is 24.0 Å². The van der Waals surface area contributed by atoms with Crippen molar-refractivity contribution < 1.29 is 4.74 Å². The Labute approximate surface area is 119 Å². The highest BCUT2D eigenvalue weighted by Gasteiger charge is 2.19. The Hall–Kier alpha value is -1.55. The highest BCUT2D eigenvalue weighted by molar-refractivity contribution is 5.79. The summed E-state index contributed by atoms with van der Waals surface area (Å²) in [5.74, 6) is 2.27. The summed E-state index contributed by atoms with van der Waals surface area (Å²) in [7, 11) is 0. The lowest BCUT2D eigenvalue weighted by atomic mass is 10.00. The average Bonchev–Trinajstić information content (AvgIpc) is 2.78. The molecule has 1 fully saturated rings. The fourth-order valence-electron chi connectivity index (χ4n) is 2.99. The number of imidazole rings is 1. The molecule has 108 valence electrons.